The van der Waals surface area contributed by atoms with Crippen molar-refractivity contribution in [1.29, 1.82) is 0 Å². The molecule has 5 aliphatic heterocycles. The largest absolute Gasteiger partial charge is 0.401 e. The Bertz CT molecular complexity index is 1520. The van der Waals surface area contributed by atoms with Crippen molar-refractivity contribution >= 4 is 5.91 Å². The molecule has 0 aromatic heterocycles. The van der Waals surface area contributed by atoms with Crippen molar-refractivity contribution in [2.45, 2.75) is 101 Å². The number of ether oxygens (including phenoxy) is 1. The molecule has 7 unspecified atom stereocenters. The van der Waals surface area contributed by atoms with E-state index in [2.05, 4.69) is 33.0 Å². The van der Waals surface area contributed by atoms with Crippen LogP contribution in [0.1, 0.15) is 52.4 Å². The number of hydrogen-bond acceptors (Lipinski definition) is 8. The third-order valence-electron chi connectivity index (χ3n) is 13.7. The number of carbonyl (C=O) groups is 1. The zero-order valence-corrected chi connectivity index (χ0v) is 31.4. The average molecular weight is 765 g/mol. The van der Waals surface area contributed by atoms with E-state index in [9.17, 15) is 23.1 Å². The second-order valence-corrected chi connectivity index (χ2v) is 17.4. The summed E-state index contributed by atoms with van der Waals surface area (Å²) in [4.78, 5) is 19.4. The smallest absolute Gasteiger partial charge is 0.396 e. The molecular formula is C40H57F5N6O3. The molecule has 0 bridgehead atoms. The Morgan fingerprint density at radius 3 is 2.46 bits per heavy atom. The Balaban J connectivity index is 0.911. The second-order valence-electron chi connectivity index (χ2n) is 17.4. The van der Waals surface area contributed by atoms with Crippen LogP contribution in [-0.4, -0.2) is 134 Å². The quantitative estimate of drug-likeness (QED) is 0.218. The highest BCUT2D eigenvalue weighted by Crippen LogP contribution is 2.48. The highest BCUT2D eigenvalue weighted by molar-refractivity contribution is 5.84. The molecule has 4 fully saturated rings. The molecule has 0 aromatic carbocycles. The third kappa shape index (κ3) is 7.99. The number of nitrogens with zero attached hydrogens (tertiary/aromatic N) is 3. The Kier molecular flexibility index (Phi) is 11.2. The number of allylic oxidation sites excluding steroid dienone is 2. The number of piperazine rings is 1. The number of rotatable bonds is 8. The van der Waals surface area contributed by atoms with Gasteiger partial charge in [-0.05, 0) is 87.9 Å². The number of nitrogens with one attached hydrogen (secondary N) is 3. The Hall–Kier alpha value is -2.20. The summed E-state index contributed by atoms with van der Waals surface area (Å²) in [5, 5.41) is 22.0. The molecule has 14 heteroatoms. The van der Waals surface area contributed by atoms with Crippen LogP contribution in [-0.2, 0) is 9.53 Å². The fraction of sp³-hybridized carbons (Fsp3) is 0.775. The van der Waals surface area contributed by atoms with Crippen molar-refractivity contribution in [1.82, 2.24) is 30.7 Å². The number of alkyl halides is 4. The molecule has 4 N–H and O–H groups in total. The van der Waals surface area contributed by atoms with Crippen LogP contribution < -0.4 is 16.0 Å². The molecule has 8 rings (SSSR count). The number of hydrogen-bond donors (Lipinski definition) is 4. The zero-order valence-electron chi connectivity index (χ0n) is 31.4. The zero-order chi connectivity index (χ0) is 37.9. The molecule has 12 atom stereocenters. The summed E-state index contributed by atoms with van der Waals surface area (Å²) >= 11 is 0. The second kappa shape index (κ2) is 15.6. The summed E-state index contributed by atoms with van der Waals surface area (Å²) in [7, 11) is 0. The summed E-state index contributed by atoms with van der Waals surface area (Å²) < 4.78 is 76.9. The van der Waals surface area contributed by atoms with Gasteiger partial charge in [-0.1, -0.05) is 17.7 Å². The van der Waals surface area contributed by atoms with Crippen LogP contribution in [0.4, 0.5) is 22.0 Å². The lowest BCUT2D eigenvalue weighted by Gasteiger charge is -2.45. The molecule has 0 aromatic rings. The number of carbonyl (C=O) groups excluding carboxylic acids is 1. The summed E-state index contributed by atoms with van der Waals surface area (Å²) in [5.74, 6) is -2.08. The molecule has 8 aliphatic rings. The van der Waals surface area contributed by atoms with E-state index in [-0.39, 0.29) is 74.3 Å². The average Bonchev–Trinajstić information content (AvgIpc) is 3.91. The van der Waals surface area contributed by atoms with Gasteiger partial charge in [0.1, 0.15) is 17.9 Å². The fourth-order valence-corrected chi connectivity index (χ4v) is 11.0. The molecule has 300 valence electrons. The fourth-order valence-electron chi connectivity index (χ4n) is 11.0. The van der Waals surface area contributed by atoms with E-state index in [4.69, 9.17) is 4.74 Å². The molecule has 3 aliphatic carbocycles. The number of fused-ring (bicyclic) bond motifs is 2. The summed E-state index contributed by atoms with van der Waals surface area (Å²) in [6.07, 6.45) is 6.08. The lowest BCUT2D eigenvalue weighted by Crippen LogP contribution is -2.59. The molecule has 54 heavy (non-hydrogen) atoms. The molecule has 9 nitrogen and oxygen atoms in total. The minimum atomic E-state index is -4.21. The Labute approximate surface area is 315 Å². The monoisotopic (exact) mass is 764 g/mol. The van der Waals surface area contributed by atoms with Crippen molar-refractivity contribution < 1.29 is 36.6 Å². The lowest BCUT2D eigenvalue weighted by atomic mass is 9.70. The van der Waals surface area contributed by atoms with Crippen LogP contribution in [0.15, 0.2) is 47.0 Å². The maximum absolute atomic E-state index is 15.8. The van der Waals surface area contributed by atoms with Crippen molar-refractivity contribution in [3.8, 4) is 0 Å². The minimum Gasteiger partial charge on any atom is -0.396 e. The van der Waals surface area contributed by atoms with Gasteiger partial charge in [-0.2, -0.15) is 13.2 Å². The van der Waals surface area contributed by atoms with Gasteiger partial charge in [-0.15, -0.1) is 0 Å². The normalized spacial score (nSPS) is 41.3. The Morgan fingerprint density at radius 1 is 1.00 bits per heavy atom. The SMILES string of the molecule is CC1CN(CC2=CCC(C3C[C@@H]4C([C@@H]5C[C@H](F)C=C(N6CCOC7C[C@@H](C8CC8)C=C(F)[C@H]7C6=O)C5CO)=CCNC4N3)NC2)CC(C)N1CC(F)(F)F. The van der Waals surface area contributed by atoms with Gasteiger partial charge in [0.15, 0.2) is 0 Å². The summed E-state index contributed by atoms with van der Waals surface area (Å²) in [6.45, 7) is 6.28. The van der Waals surface area contributed by atoms with Gasteiger partial charge < -0.3 is 20.1 Å². The molecule has 0 spiro atoms. The van der Waals surface area contributed by atoms with E-state index in [0.717, 1.165) is 37.8 Å². The summed E-state index contributed by atoms with van der Waals surface area (Å²) in [6, 6.07) is -0.0449. The number of halogens is 5. The van der Waals surface area contributed by atoms with Gasteiger partial charge in [-0.25, -0.2) is 8.78 Å². The van der Waals surface area contributed by atoms with Crippen LogP contribution in [0.2, 0.25) is 0 Å². The van der Waals surface area contributed by atoms with Crippen molar-refractivity contribution in [2.75, 3.05) is 59.0 Å². The van der Waals surface area contributed by atoms with E-state index >= 15 is 8.78 Å². The first-order valence-corrected chi connectivity index (χ1v) is 20.3. The number of amides is 1. The van der Waals surface area contributed by atoms with Gasteiger partial charge in [0, 0.05) is 81.0 Å². The van der Waals surface area contributed by atoms with E-state index in [0.29, 0.717) is 44.2 Å². The van der Waals surface area contributed by atoms with Crippen molar-refractivity contribution in [3.63, 3.8) is 0 Å². The number of aliphatic hydroxyl groups excluding tert-OH is 1. The predicted molar refractivity (Wildman–Crippen MR) is 194 cm³/mol. The molecule has 0 radical (unpaired) electrons. The first kappa shape index (κ1) is 38.7. The standard InChI is InChI=1S/C40H57F5N6O3/c1-22-17-49(18-23(2)51(22)21-40(43,44)45)19-24-3-6-33(47-16-24)34-15-30-28(7-8-46-38(30)48-34)29-13-27(41)14-35(31(29)20-52)50-9-10-54-36-12-26(25-4-5-25)11-32(42)37(36)39(50)53/h3,7,11,14,22-23,25-27,29-31,33-34,36-38,46-48,52H,4-6,8-10,12-13,15-21H2,1-2H3/t22?,23?,26-,27-,29-,30+,31?,33?,34?,36?,37+,38?/m0/s1. The molecule has 1 amide bonds. The molecule has 3 saturated heterocycles. The van der Waals surface area contributed by atoms with Gasteiger partial charge in [0.2, 0.25) is 5.91 Å². The third-order valence-corrected chi connectivity index (χ3v) is 13.7. The van der Waals surface area contributed by atoms with E-state index in [1.807, 2.05) is 13.8 Å². The first-order chi connectivity index (χ1) is 25.9. The van der Waals surface area contributed by atoms with Crippen molar-refractivity contribution in [2.24, 2.45) is 35.5 Å². The van der Waals surface area contributed by atoms with Crippen LogP contribution in [0.3, 0.4) is 0 Å². The van der Waals surface area contributed by atoms with E-state index < -0.39 is 48.6 Å². The maximum atomic E-state index is 15.8. The molecular weight excluding hydrogens is 707 g/mol. The Morgan fingerprint density at radius 2 is 1.78 bits per heavy atom. The van der Waals surface area contributed by atoms with Crippen LogP contribution in [0.25, 0.3) is 0 Å². The highest BCUT2D eigenvalue weighted by Gasteiger charge is 2.50. The molecule has 5 heterocycles. The highest BCUT2D eigenvalue weighted by atomic mass is 19.4. The van der Waals surface area contributed by atoms with E-state index in [1.165, 1.54) is 16.5 Å². The van der Waals surface area contributed by atoms with Gasteiger partial charge in [-0.3, -0.25) is 25.2 Å². The van der Waals surface area contributed by atoms with Crippen LogP contribution in [0.5, 0.6) is 0 Å². The predicted octanol–water partition coefficient (Wildman–Crippen LogP) is 4.04. The summed E-state index contributed by atoms with van der Waals surface area (Å²) in [5.41, 5.74) is 2.80. The molecule has 1 saturated carbocycles. The number of aliphatic hydroxyl groups is 1. The van der Waals surface area contributed by atoms with Crippen LogP contribution >= 0.6 is 0 Å². The van der Waals surface area contributed by atoms with E-state index in [1.54, 1.807) is 11.0 Å². The topological polar surface area (TPSA) is 92.3 Å². The lowest BCUT2D eigenvalue weighted by molar-refractivity contribution is -0.161. The van der Waals surface area contributed by atoms with Gasteiger partial charge >= 0.3 is 6.18 Å². The van der Waals surface area contributed by atoms with Gasteiger partial charge in [0.25, 0.3) is 0 Å². The maximum Gasteiger partial charge on any atom is 0.401 e. The van der Waals surface area contributed by atoms with Gasteiger partial charge in [0.05, 0.1) is 32.0 Å². The van der Waals surface area contributed by atoms with Crippen molar-refractivity contribution in [3.05, 3.63) is 47.0 Å². The minimum absolute atomic E-state index is 0.0141. The van der Waals surface area contributed by atoms with Crippen LogP contribution in [0, 0.1) is 35.5 Å². The first-order valence-electron chi connectivity index (χ1n) is 20.3.